The second-order valence-electron chi connectivity index (χ2n) is 12.2. The van der Waals surface area contributed by atoms with Crippen LogP contribution in [-0.4, -0.2) is 49.1 Å². The van der Waals surface area contributed by atoms with Crippen molar-refractivity contribution in [3.8, 4) is 11.1 Å². The van der Waals surface area contributed by atoms with Crippen LogP contribution in [0.1, 0.15) is 72.3 Å². The zero-order valence-electron chi connectivity index (χ0n) is 25.0. The van der Waals surface area contributed by atoms with E-state index in [1.807, 2.05) is 44.7 Å². The molecule has 42 heavy (non-hydrogen) atoms. The van der Waals surface area contributed by atoms with Crippen molar-refractivity contribution in [2.75, 3.05) is 36.1 Å². The van der Waals surface area contributed by atoms with Crippen LogP contribution in [0.15, 0.2) is 47.3 Å². The first-order valence-corrected chi connectivity index (χ1v) is 15.1. The number of benzene rings is 2. The minimum atomic E-state index is -0.678. The number of morpholine rings is 1. The Morgan fingerprint density at radius 1 is 1.00 bits per heavy atom. The predicted molar refractivity (Wildman–Crippen MR) is 165 cm³/mol. The third kappa shape index (κ3) is 4.81. The molecule has 0 radical (unpaired) electrons. The summed E-state index contributed by atoms with van der Waals surface area (Å²) in [6.07, 6.45) is 3.40. The van der Waals surface area contributed by atoms with Crippen molar-refractivity contribution in [3.05, 3.63) is 80.8 Å². The van der Waals surface area contributed by atoms with Gasteiger partial charge in [0.1, 0.15) is 0 Å². The van der Waals surface area contributed by atoms with Crippen LogP contribution in [0.3, 0.4) is 0 Å². The number of fused-ring (bicyclic) bond motifs is 2. The Kier molecular flexibility index (Phi) is 7.43. The highest BCUT2D eigenvalue weighted by molar-refractivity contribution is 6.13. The Balaban J connectivity index is 1.43. The van der Waals surface area contributed by atoms with Gasteiger partial charge in [0.15, 0.2) is 0 Å². The molecule has 8 nitrogen and oxygen atoms in total. The molecule has 6 rings (SSSR count). The fraction of sp³-hybridized carbons (Fsp3) is 0.441. The second kappa shape index (κ2) is 11.1. The van der Waals surface area contributed by atoms with E-state index >= 15 is 0 Å². The molecule has 2 amide bonds. The number of amides is 2. The van der Waals surface area contributed by atoms with Gasteiger partial charge in [-0.05, 0) is 87.6 Å². The first-order chi connectivity index (χ1) is 20.2. The predicted octanol–water partition coefficient (Wildman–Crippen LogP) is 4.99. The van der Waals surface area contributed by atoms with Gasteiger partial charge in [0.25, 0.3) is 11.5 Å². The maximum absolute atomic E-state index is 14.1. The highest BCUT2D eigenvalue weighted by Crippen LogP contribution is 2.54. The fourth-order valence-corrected chi connectivity index (χ4v) is 7.12. The van der Waals surface area contributed by atoms with E-state index in [0.29, 0.717) is 11.1 Å². The van der Waals surface area contributed by atoms with E-state index in [1.165, 1.54) is 0 Å². The van der Waals surface area contributed by atoms with E-state index in [1.54, 1.807) is 0 Å². The third-order valence-corrected chi connectivity index (χ3v) is 9.20. The summed E-state index contributed by atoms with van der Waals surface area (Å²) in [5.41, 5.74) is 6.52. The number of carbonyl (C=O) groups excluding carboxylic acids is 2. The molecule has 0 bridgehead atoms. The van der Waals surface area contributed by atoms with E-state index in [-0.39, 0.29) is 30.0 Å². The van der Waals surface area contributed by atoms with Crippen molar-refractivity contribution in [3.63, 3.8) is 0 Å². The Labute approximate surface area is 247 Å². The molecule has 0 atom stereocenters. The first kappa shape index (κ1) is 28.2. The van der Waals surface area contributed by atoms with E-state index in [9.17, 15) is 14.4 Å². The Morgan fingerprint density at radius 2 is 1.69 bits per heavy atom. The van der Waals surface area contributed by atoms with Gasteiger partial charge in [0.05, 0.1) is 18.6 Å². The fourth-order valence-electron chi connectivity index (χ4n) is 7.12. The average Bonchev–Trinajstić information content (AvgIpc) is 3.56. The number of nitrogens with one attached hydrogen (secondary N) is 2. The number of aromatic nitrogens is 1. The lowest BCUT2D eigenvalue weighted by atomic mass is 9.77. The molecule has 1 aromatic heterocycles. The van der Waals surface area contributed by atoms with Crippen molar-refractivity contribution in [2.24, 2.45) is 0 Å². The molecular weight excluding hydrogens is 528 g/mol. The van der Waals surface area contributed by atoms with E-state index in [4.69, 9.17) is 4.74 Å². The van der Waals surface area contributed by atoms with Gasteiger partial charge in [-0.2, -0.15) is 0 Å². The molecule has 0 unspecified atom stereocenters. The lowest BCUT2D eigenvalue weighted by Gasteiger charge is -2.29. The van der Waals surface area contributed by atoms with Crippen LogP contribution in [0.4, 0.5) is 11.4 Å². The minimum absolute atomic E-state index is 0.0418. The molecule has 2 aromatic carbocycles. The quantitative estimate of drug-likeness (QED) is 0.437. The van der Waals surface area contributed by atoms with Gasteiger partial charge < -0.3 is 24.8 Å². The van der Waals surface area contributed by atoms with Gasteiger partial charge >= 0.3 is 0 Å². The van der Waals surface area contributed by atoms with Gasteiger partial charge in [0, 0.05) is 59.4 Å². The summed E-state index contributed by atoms with van der Waals surface area (Å²) in [6.45, 7) is 11.1. The molecule has 2 N–H and O–H groups in total. The normalized spacial score (nSPS) is 17.8. The molecular formula is C34H40N4O4. The lowest BCUT2D eigenvalue weighted by molar-refractivity contribution is -0.123. The van der Waals surface area contributed by atoms with Crippen molar-refractivity contribution >= 4 is 23.2 Å². The summed E-state index contributed by atoms with van der Waals surface area (Å²) in [7, 11) is 0. The van der Waals surface area contributed by atoms with Crippen LogP contribution in [0.2, 0.25) is 0 Å². The highest BCUT2D eigenvalue weighted by Gasteiger charge is 2.54. The standard InChI is InChI=1S/C34H40N4O4/c1-21(2)38-29-19-25(24-7-9-26(10-8-24)37-13-15-42-16-14-37)18-27(30(29)34(33(38)41)11-5-6-12-34)31(39)35-20-28-22(3)17-23(4)36-32(28)40/h7-10,17-19,21H,5-6,11-16,20H2,1-4H3,(H,35,39)(H,36,40). The first-order valence-electron chi connectivity index (χ1n) is 15.1. The molecule has 1 saturated heterocycles. The summed E-state index contributed by atoms with van der Waals surface area (Å²) in [5.74, 6) is -0.160. The molecule has 1 spiro atoms. The molecule has 8 heteroatoms. The molecule has 1 aliphatic carbocycles. The van der Waals surface area contributed by atoms with Gasteiger partial charge in [-0.25, -0.2) is 0 Å². The second-order valence-corrected chi connectivity index (χ2v) is 12.2. The van der Waals surface area contributed by atoms with Crippen molar-refractivity contribution in [1.29, 1.82) is 0 Å². The SMILES string of the molecule is Cc1cc(C)c(CNC(=O)c2cc(-c3ccc(N4CCOCC4)cc3)cc3c2C2(CCCC2)C(=O)N3C(C)C)c(=O)[nH]1. The number of aryl methyl sites for hydroxylation is 2. The molecule has 3 aromatic rings. The van der Waals surface area contributed by atoms with Crippen LogP contribution < -0.4 is 20.7 Å². The van der Waals surface area contributed by atoms with Gasteiger partial charge in [-0.1, -0.05) is 25.0 Å². The summed E-state index contributed by atoms with van der Waals surface area (Å²) in [4.78, 5) is 47.9. The van der Waals surface area contributed by atoms with Crippen molar-refractivity contribution in [1.82, 2.24) is 10.3 Å². The third-order valence-electron chi connectivity index (χ3n) is 9.20. The minimum Gasteiger partial charge on any atom is -0.378 e. The number of H-pyrrole nitrogens is 1. The van der Waals surface area contributed by atoms with Crippen LogP contribution >= 0.6 is 0 Å². The van der Waals surface area contributed by atoms with E-state index in [2.05, 4.69) is 45.5 Å². The molecule has 2 fully saturated rings. The average molecular weight is 569 g/mol. The summed E-state index contributed by atoms with van der Waals surface area (Å²) in [6, 6.07) is 14.3. The van der Waals surface area contributed by atoms with Crippen LogP contribution in [0.25, 0.3) is 11.1 Å². The number of anilines is 2. The largest absolute Gasteiger partial charge is 0.378 e. The Bertz CT molecular complexity index is 1580. The van der Waals surface area contributed by atoms with E-state index in [0.717, 1.165) is 91.3 Å². The Morgan fingerprint density at radius 3 is 2.33 bits per heavy atom. The van der Waals surface area contributed by atoms with E-state index < -0.39 is 5.41 Å². The number of nitrogens with zero attached hydrogens (tertiary/aromatic N) is 2. The van der Waals surface area contributed by atoms with Gasteiger partial charge in [0.2, 0.25) is 5.91 Å². The zero-order valence-corrected chi connectivity index (χ0v) is 25.0. The maximum Gasteiger partial charge on any atom is 0.253 e. The number of hydrogen-bond donors (Lipinski definition) is 2. The van der Waals surface area contributed by atoms with Crippen LogP contribution in [-0.2, 0) is 21.5 Å². The molecule has 3 aliphatic rings. The summed E-state index contributed by atoms with van der Waals surface area (Å²) in [5, 5.41) is 3.03. The maximum atomic E-state index is 14.1. The number of ether oxygens (including phenoxy) is 1. The Hall–Kier alpha value is -3.91. The number of rotatable bonds is 6. The number of carbonyl (C=O) groups is 2. The molecule has 220 valence electrons. The van der Waals surface area contributed by atoms with Crippen LogP contribution in [0, 0.1) is 13.8 Å². The number of aromatic amines is 1. The topological polar surface area (TPSA) is 94.7 Å². The van der Waals surface area contributed by atoms with Crippen molar-refractivity contribution in [2.45, 2.75) is 71.4 Å². The monoisotopic (exact) mass is 568 g/mol. The molecule has 1 saturated carbocycles. The number of hydrogen-bond acceptors (Lipinski definition) is 5. The zero-order chi connectivity index (χ0) is 29.6. The van der Waals surface area contributed by atoms with Crippen LogP contribution in [0.5, 0.6) is 0 Å². The van der Waals surface area contributed by atoms with Gasteiger partial charge in [-0.15, -0.1) is 0 Å². The molecule has 2 aliphatic heterocycles. The number of pyridine rings is 1. The smallest absolute Gasteiger partial charge is 0.253 e. The molecule has 3 heterocycles. The summed E-state index contributed by atoms with van der Waals surface area (Å²) < 4.78 is 5.51. The highest BCUT2D eigenvalue weighted by atomic mass is 16.5. The summed E-state index contributed by atoms with van der Waals surface area (Å²) >= 11 is 0. The van der Waals surface area contributed by atoms with Crippen molar-refractivity contribution < 1.29 is 14.3 Å². The van der Waals surface area contributed by atoms with Gasteiger partial charge in [-0.3, -0.25) is 14.4 Å². The lowest BCUT2D eigenvalue weighted by Crippen LogP contribution is -2.42.